The van der Waals surface area contributed by atoms with Crippen LogP contribution in [0.2, 0.25) is 10.0 Å². The fourth-order valence-corrected chi connectivity index (χ4v) is 4.39. The van der Waals surface area contributed by atoms with Crippen LogP contribution in [0, 0.1) is 0 Å². The van der Waals surface area contributed by atoms with Crippen molar-refractivity contribution in [1.29, 1.82) is 0 Å². The molecule has 0 radical (unpaired) electrons. The van der Waals surface area contributed by atoms with Crippen molar-refractivity contribution in [2.75, 3.05) is 12.4 Å². The lowest BCUT2D eigenvalue weighted by molar-refractivity contribution is 0.220. The zero-order chi connectivity index (χ0) is 14.8. The predicted molar refractivity (Wildman–Crippen MR) is 83.3 cm³/mol. The Bertz CT molecular complexity index is 573. The van der Waals surface area contributed by atoms with Crippen LogP contribution in [0.4, 0.5) is 0 Å². The highest BCUT2D eigenvalue weighted by Gasteiger charge is 2.34. The normalized spacial score (nSPS) is 16.4. The van der Waals surface area contributed by atoms with Gasteiger partial charge in [0.05, 0.1) is 14.9 Å². The van der Waals surface area contributed by atoms with E-state index in [2.05, 4.69) is 0 Å². The van der Waals surface area contributed by atoms with E-state index >= 15 is 0 Å². The summed E-state index contributed by atoms with van der Waals surface area (Å²) < 4.78 is 27.0. The van der Waals surface area contributed by atoms with Crippen LogP contribution in [0.1, 0.15) is 25.7 Å². The largest absolute Gasteiger partial charge is 0.243 e. The molecule has 0 heterocycles. The monoisotopic (exact) mass is 355 g/mol. The van der Waals surface area contributed by atoms with Gasteiger partial charge in [0, 0.05) is 18.5 Å². The molecule has 112 valence electrons. The zero-order valence-electron chi connectivity index (χ0n) is 10.9. The van der Waals surface area contributed by atoms with E-state index in [9.17, 15) is 8.42 Å². The van der Waals surface area contributed by atoms with Crippen molar-refractivity contribution < 1.29 is 8.42 Å². The summed E-state index contributed by atoms with van der Waals surface area (Å²) in [5.74, 6) is 0.445. The van der Waals surface area contributed by atoms with Gasteiger partial charge in [0.2, 0.25) is 10.0 Å². The van der Waals surface area contributed by atoms with Crippen LogP contribution in [0.15, 0.2) is 23.1 Å². The third-order valence-corrected chi connectivity index (χ3v) is 6.45. The molecule has 1 aromatic carbocycles. The summed E-state index contributed by atoms with van der Waals surface area (Å²) in [4.78, 5) is 0.188. The predicted octanol–water partition coefficient (Wildman–Crippen LogP) is 4.17. The molecule has 2 rings (SSSR count). The molecule has 3 nitrogen and oxygen atoms in total. The van der Waals surface area contributed by atoms with Crippen molar-refractivity contribution in [1.82, 2.24) is 4.31 Å². The smallest absolute Gasteiger partial charge is 0.207 e. The Labute approximate surface area is 134 Å². The number of benzene rings is 1. The molecule has 0 unspecified atom stereocenters. The SMILES string of the molecule is O=S(=O)(c1ccc(Cl)c(Cl)c1)N(CCCCl)C1CCC1. The number of alkyl halides is 1. The summed E-state index contributed by atoms with van der Waals surface area (Å²) in [6, 6.07) is 4.50. The number of hydrogen-bond acceptors (Lipinski definition) is 2. The van der Waals surface area contributed by atoms with Gasteiger partial charge in [-0.15, -0.1) is 11.6 Å². The van der Waals surface area contributed by atoms with Gasteiger partial charge in [-0.1, -0.05) is 29.6 Å². The van der Waals surface area contributed by atoms with Crippen LogP contribution in [0.5, 0.6) is 0 Å². The number of hydrogen-bond donors (Lipinski definition) is 0. The van der Waals surface area contributed by atoms with Crippen LogP contribution in [0.3, 0.4) is 0 Å². The van der Waals surface area contributed by atoms with E-state index in [1.165, 1.54) is 18.2 Å². The molecule has 0 aliphatic heterocycles. The third kappa shape index (κ3) is 3.42. The quantitative estimate of drug-likeness (QED) is 0.718. The van der Waals surface area contributed by atoms with Gasteiger partial charge in [0.15, 0.2) is 0 Å². The Morgan fingerprint density at radius 2 is 1.90 bits per heavy atom. The molecule has 0 N–H and O–H groups in total. The lowest BCUT2D eigenvalue weighted by Gasteiger charge is -2.36. The summed E-state index contributed by atoms with van der Waals surface area (Å²) in [7, 11) is -3.54. The van der Waals surface area contributed by atoms with E-state index in [-0.39, 0.29) is 16.0 Å². The van der Waals surface area contributed by atoms with Crippen LogP contribution in [0.25, 0.3) is 0 Å². The maximum atomic E-state index is 12.7. The third-order valence-electron chi connectivity index (χ3n) is 3.49. The molecule has 0 amide bonds. The Balaban J connectivity index is 2.30. The van der Waals surface area contributed by atoms with Gasteiger partial charge in [-0.05, 0) is 37.5 Å². The molecule has 20 heavy (non-hydrogen) atoms. The summed E-state index contributed by atoms with van der Waals surface area (Å²) in [6.07, 6.45) is 3.52. The first-order valence-electron chi connectivity index (χ1n) is 6.49. The van der Waals surface area contributed by atoms with E-state index < -0.39 is 10.0 Å². The second-order valence-corrected chi connectivity index (χ2v) is 7.90. The Morgan fingerprint density at radius 1 is 1.20 bits per heavy atom. The Hall–Kier alpha value is -0.000000000000000111. The van der Waals surface area contributed by atoms with E-state index in [0.29, 0.717) is 23.9 Å². The van der Waals surface area contributed by atoms with Gasteiger partial charge in [-0.2, -0.15) is 4.31 Å². The van der Waals surface area contributed by atoms with Crippen molar-refractivity contribution in [2.45, 2.75) is 36.6 Å². The molecule has 0 spiro atoms. The van der Waals surface area contributed by atoms with Gasteiger partial charge in [0.25, 0.3) is 0 Å². The highest BCUT2D eigenvalue weighted by molar-refractivity contribution is 7.89. The molecule has 1 aliphatic rings. The van der Waals surface area contributed by atoms with Crippen LogP contribution in [-0.4, -0.2) is 31.2 Å². The summed E-state index contributed by atoms with van der Waals surface area (Å²) in [5, 5.41) is 0.597. The summed E-state index contributed by atoms with van der Waals surface area (Å²) in [5.41, 5.74) is 0. The number of nitrogens with zero attached hydrogens (tertiary/aromatic N) is 1. The van der Waals surface area contributed by atoms with Gasteiger partial charge >= 0.3 is 0 Å². The Kier molecular flexibility index (Phi) is 5.60. The highest BCUT2D eigenvalue weighted by Crippen LogP contribution is 2.32. The van der Waals surface area contributed by atoms with Crippen LogP contribution in [-0.2, 0) is 10.0 Å². The molecule has 0 bridgehead atoms. The van der Waals surface area contributed by atoms with Gasteiger partial charge < -0.3 is 0 Å². The van der Waals surface area contributed by atoms with Gasteiger partial charge in [0.1, 0.15) is 0 Å². The first kappa shape index (κ1) is 16.4. The number of sulfonamides is 1. The lowest BCUT2D eigenvalue weighted by Crippen LogP contribution is -2.44. The van der Waals surface area contributed by atoms with E-state index in [1.54, 1.807) is 4.31 Å². The average molecular weight is 357 g/mol. The molecule has 1 aliphatic carbocycles. The second kappa shape index (κ2) is 6.84. The molecular formula is C13H16Cl3NO2S. The van der Waals surface area contributed by atoms with Crippen molar-refractivity contribution in [3.63, 3.8) is 0 Å². The molecular weight excluding hydrogens is 341 g/mol. The summed E-state index contributed by atoms with van der Waals surface area (Å²) >= 11 is 17.5. The number of rotatable bonds is 6. The lowest BCUT2D eigenvalue weighted by atomic mass is 9.93. The molecule has 1 saturated carbocycles. The topological polar surface area (TPSA) is 37.4 Å². The molecule has 0 aromatic heterocycles. The van der Waals surface area contributed by atoms with E-state index in [1.807, 2.05) is 0 Å². The van der Waals surface area contributed by atoms with Crippen molar-refractivity contribution >= 4 is 44.8 Å². The Morgan fingerprint density at radius 3 is 2.40 bits per heavy atom. The molecule has 1 aromatic rings. The van der Waals surface area contributed by atoms with E-state index in [0.717, 1.165) is 19.3 Å². The van der Waals surface area contributed by atoms with Gasteiger partial charge in [-0.3, -0.25) is 0 Å². The minimum absolute atomic E-state index is 0.0812. The highest BCUT2D eigenvalue weighted by atomic mass is 35.5. The minimum atomic E-state index is -3.54. The zero-order valence-corrected chi connectivity index (χ0v) is 13.9. The maximum Gasteiger partial charge on any atom is 0.243 e. The van der Waals surface area contributed by atoms with Crippen molar-refractivity contribution in [2.24, 2.45) is 0 Å². The molecule has 0 saturated heterocycles. The van der Waals surface area contributed by atoms with Crippen LogP contribution < -0.4 is 0 Å². The minimum Gasteiger partial charge on any atom is -0.207 e. The van der Waals surface area contributed by atoms with E-state index in [4.69, 9.17) is 34.8 Å². The molecule has 1 fully saturated rings. The van der Waals surface area contributed by atoms with Crippen molar-refractivity contribution in [3.05, 3.63) is 28.2 Å². The fraction of sp³-hybridized carbons (Fsp3) is 0.538. The number of halogens is 3. The summed E-state index contributed by atoms with van der Waals surface area (Å²) in [6.45, 7) is 0.441. The van der Waals surface area contributed by atoms with Gasteiger partial charge in [-0.25, -0.2) is 8.42 Å². The first-order chi connectivity index (χ1) is 9.46. The second-order valence-electron chi connectivity index (χ2n) is 4.82. The molecule has 0 atom stereocenters. The fourth-order valence-electron chi connectivity index (χ4n) is 2.16. The molecule has 7 heteroatoms. The van der Waals surface area contributed by atoms with Crippen molar-refractivity contribution in [3.8, 4) is 0 Å². The standard InChI is InChI=1S/C13H16Cl3NO2S/c14-7-2-8-17(10-3-1-4-10)20(18,19)11-5-6-12(15)13(16)9-11/h5-6,9-10H,1-4,7-8H2. The maximum absolute atomic E-state index is 12.7. The van der Waals surface area contributed by atoms with Crippen LogP contribution >= 0.6 is 34.8 Å². The average Bonchev–Trinajstić information content (AvgIpc) is 2.35. The first-order valence-corrected chi connectivity index (χ1v) is 9.22.